The SMILES string of the molecule is CCCc1cc(C(=O)N2CCCCC2)cnc1N(CCC)c1ccc(C(C)(C)NC(C)=O)cc1. The van der Waals surface area contributed by atoms with Crippen molar-refractivity contribution in [3.63, 3.8) is 0 Å². The molecule has 1 aliphatic heterocycles. The number of pyridine rings is 1. The summed E-state index contributed by atoms with van der Waals surface area (Å²) in [6.07, 6.45) is 7.95. The highest BCUT2D eigenvalue weighted by Gasteiger charge is 2.23. The first kappa shape index (κ1) is 25.7. The third-order valence-electron chi connectivity index (χ3n) is 6.44. The molecule has 1 N–H and O–H groups in total. The summed E-state index contributed by atoms with van der Waals surface area (Å²) in [5.41, 5.74) is 3.47. The number of rotatable bonds is 9. The van der Waals surface area contributed by atoms with Gasteiger partial charge < -0.3 is 15.1 Å². The summed E-state index contributed by atoms with van der Waals surface area (Å²) < 4.78 is 0. The lowest BCUT2D eigenvalue weighted by Gasteiger charge is -2.30. The Morgan fingerprint density at radius 2 is 1.74 bits per heavy atom. The highest BCUT2D eigenvalue weighted by molar-refractivity contribution is 5.94. The molecule has 1 saturated heterocycles. The molecule has 3 rings (SSSR count). The van der Waals surface area contributed by atoms with Gasteiger partial charge in [0.15, 0.2) is 0 Å². The van der Waals surface area contributed by atoms with Crippen molar-refractivity contribution in [1.82, 2.24) is 15.2 Å². The molecule has 0 aliphatic carbocycles. The standard InChI is InChI=1S/C28H40N4O2/c1-6-11-22-19-23(27(34)31-17-9-8-10-18-31)20-29-26(22)32(16-7-2)25-14-12-24(13-15-25)28(4,5)30-21(3)33/h12-15,19-20H,6-11,16-18H2,1-5H3,(H,30,33). The van der Waals surface area contributed by atoms with Crippen LogP contribution in [0.15, 0.2) is 36.5 Å². The van der Waals surface area contributed by atoms with E-state index in [0.29, 0.717) is 5.56 Å². The third-order valence-corrected chi connectivity index (χ3v) is 6.44. The molecular formula is C28H40N4O2. The van der Waals surface area contributed by atoms with E-state index in [1.807, 2.05) is 18.7 Å². The number of piperidine rings is 1. The molecule has 1 aromatic carbocycles. The van der Waals surface area contributed by atoms with Crippen LogP contribution in [0, 0.1) is 0 Å². The smallest absolute Gasteiger partial charge is 0.255 e. The number of likely N-dealkylation sites (tertiary alicyclic amines) is 1. The van der Waals surface area contributed by atoms with E-state index in [1.165, 1.54) is 6.42 Å². The van der Waals surface area contributed by atoms with Crippen molar-refractivity contribution in [3.05, 3.63) is 53.2 Å². The molecule has 0 atom stereocenters. The van der Waals surface area contributed by atoms with E-state index < -0.39 is 5.54 Å². The van der Waals surface area contributed by atoms with Crippen LogP contribution in [-0.4, -0.2) is 41.3 Å². The van der Waals surface area contributed by atoms with E-state index in [1.54, 1.807) is 13.1 Å². The van der Waals surface area contributed by atoms with Crippen molar-refractivity contribution in [2.24, 2.45) is 0 Å². The maximum Gasteiger partial charge on any atom is 0.255 e. The van der Waals surface area contributed by atoms with Gasteiger partial charge in [0.05, 0.1) is 11.1 Å². The monoisotopic (exact) mass is 464 g/mol. The molecule has 184 valence electrons. The highest BCUT2D eigenvalue weighted by Crippen LogP contribution is 2.31. The molecule has 1 fully saturated rings. The van der Waals surface area contributed by atoms with Crippen LogP contribution < -0.4 is 10.2 Å². The topological polar surface area (TPSA) is 65.5 Å². The van der Waals surface area contributed by atoms with Gasteiger partial charge in [0.1, 0.15) is 5.82 Å². The molecule has 2 amide bonds. The van der Waals surface area contributed by atoms with Gasteiger partial charge in [-0.1, -0.05) is 32.4 Å². The van der Waals surface area contributed by atoms with Crippen LogP contribution in [-0.2, 0) is 16.8 Å². The number of aryl methyl sites for hydroxylation is 1. The number of nitrogens with zero attached hydrogens (tertiary/aromatic N) is 3. The van der Waals surface area contributed by atoms with Gasteiger partial charge in [0.25, 0.3) is 5.91 Å². The van der Waals surface area contributed by atoms with Crippen molar-refractivity contribution in [2.45, 2.75) is 78.7 Å². The Hall–Kier alpha value is -2.89. The van der Waals surface area contributed by atoms with Crippen LogP contribution in [0.4, 0.5) is 11.5 Å². The number of hydrogen-bond donors (Lipinski definition) is 1. The maximum atomic E-state index is 13.1. The van der Waals surface area contributed by atoms with Gasteiger partial charge in [0, 0.05) is 38.4 Å². The fraction of sp³-hybridized carbons (Fsp3) is 0.536. The Labute approximate surface area is 204 Å². The van der Waals surface area contributed by atoms with E-state index >= 15 is 0 Å². The second-order valence-electron chi connectivity index (χ2n) is 9.81. The van der Waals surface area contributed by atoms with Gasteiger partial charge >= 0.3 is 0 Å². The maximum absolute atomic E-state index is 13.1. The van der Waals surface area contributed by atoms with Crippen molar-refractivity contribution in [3.8, 4) is 0 Å². The predicted octanol–water partition coefficient (Wildman–Crippen LogP) is 5.58. The molecule has 0 bridgehead atoms. The summed E-state index contributed by atoms with van der Waals surface area (Å²) in [6.45, 7) is 12.4. The van der Waals surface area contributed by atoms with Gasteiger partial charge in [-0.25, -0.2) is 4.98 Å². The largest absolute Gasteiger partial charge is 0.347 e. The normalized spacial score (nSPS) is 14.1. The van der Waals surface area contributed by atoms with E-state index in [2.05, 4.69) is 54.4 Å². The zero-order valence-electron chi connectivity index (χ0n) is 21.5. The molecule has 0 unspecified atom stereocenters. The lowest BCUT2D eigenvalue weighted by molar-refractivity contribution is -0.120. The van der Waals surface area contributed by atoms with Gasteiger partial charge in [-0.05, 0) is 75.3 Å². The van der Waals surface area contributed by atoms with Gasteiger partial charge in [-0.15, -0.1) is 0 Å². The second kappa shape index (κ2) is 11.5. The number of amides is 2. The van der Waals surface area contributed by atoms with Gasteiger partial charge in [-0.2, -0.15) is 0 Å². The summed E-state index contributed by atoms with van der Waals surface area (Å²) in [5.74, 6) is 0.977. The number of anilines is 2. The van der Waals surface area contributed by atoms with E-state index in [9.17, 15) is 9.59 Å². The molecule has 0 saturated carbocycles. The quantitative estimate of drug-likeness (QED) is 0.526. The average Bonchev–Trinajstić information content (AvgIpc) is 2.82. The van der Waals surface area contributed by atoms with Gasteiger partial charge in [0.2, 0.25) is 5.91 Å². The third kappa shape index (κ3) is 6.16. The Balaban J connectivity index is 1.92. The molecular weight excluding hydrogens is 424 g/mol. The Morgan fingerprint density at radius 1 is 1.06 bits per heavy atom. The zero-order valence-corrected chi connectivity index (χ0v) is 21.5. The van der Waals surface area contributed by atoms with Crippen LogP contribution in [0.5, 0.6) is 0 Å². The fourth-order valence-electron chi connectivity index (χ4n) is 4.75. The first-order valence-electron chi connectivity index (χ1n) is 12.7. The Morgan fingerprint density at radius 3 is 2.32 bits per heavy atom. The average molecular weight is 465 g/mol. The molecule has 0 spiro atoms. The fourth-order valence-corrected chi connectivity index (χ4v) is 4.75. The minimum atomic E-state index is -0.442. The lowest BCUT2D eigenvalue weighted by Crippen LogP contribution is -2.39. The number of benzene rings is 1. The van der Waals surface area contributed by atoms with Crippen molar-refractivity contribution < 1.29 is 9.59 Å². The Kier molecular flexibility index (Phi) is 8.70. The summed E-state index contributed by atoms with van der Waals surface area (Å²) in [5, 5.41) is 3.01. The molecule has 6 nitrogen and oxygen atoms in total. The summed E-state index contributed by atoms with van der Waals surface area (Å²) >= 11 is 0. The van der Waals surface area contributed by atoms with Crippen molar-refractivity contribution in [2.75, 3.05) is 24.5 Å². The lowest BCUT2D eigenvalue weighted by atomic mass is 9.94. The zero-order chi connectivity index (χ0) is 24.7. The van der Waals surface area contributed by atoms with Crippen molar-refractivity contribution in [1.29, 1.82) is 0 Å². The number of aromatic nitrogens is 1. The van der Waals surface area contributed by atoms with Crippen LogP contribution >= 0.6 is 0 Å². The van der Waals surface area contributed by atoms with E-state index in [0.717, 1.165) is 74.4 Å². The molecule has 2 heterocycles. The van der Waals surface area contributed by atoms with Crippen molar-refractivity contribution >= 4 is 23.3 Å². The predicted molar refractivity (Wildman–Crippen MR) is 139 cm³/mol. The van der Waals surface area contributed by atoms with E-state index in [-0.39, 0.29) is 11.8 Å². The van der Waals surface area contributed by atoms with E-state index in [4.69, 9.17) is 4.98 Å². The molecule has 1 aromatic heterocycles. The number of carbonyl (C=O) groups excluding carboxylic acids is 2. The summed E-state index contributed by atoms with van der Waals surface area (Å²) in [4.78, 5) is 33.7. The molecule has 0 radical (unpaired) electrons. The minimum Gasteiger partial charge on any atom is -0.347 e. The first-order valence-corrected chi connectivity index (χ1v) is 12.7. The Bertz CT molecular complexity index is 978. The van der Waals surface area contributed by atoms with Crippen LogP contribution in [0.2, 0.25) is 0 Å². The molecule has 34 heavy (non-hydrogen) atoms. The second-order valence-corrected chi connectivity index (χ2v) is 9.81. The number of hydrogen-bond acceptors (Lipinski definition) is 4. The molecule has 6 heteroatoms. The molecule has 1 aliphatic rings. The summed E-state index contributed by atoms with van der Waals surface area (Å²) in [7, 11) is 0. The number of carbonyl (C=O) groups is 2. The van der Waals surface area contributed by atoms with Crippen LogP contribution in [0.25, 0.3) is 0 Å². The van der Waals surface area contributed by atoms with Crippen LogP contribution in [0.1, 0.15) is 88.2 Å². The summed E-state index contributed by atoms with van der Waals surface area (Å²) in [6, 6.07) is 10.4. The number of nitrogens with one attached hydrogen (secondary N) is 1. The minimum absolute atomic E-state index is 0.0470. The molecule has 2 aromatic rings. The van der Waals surface area contributed by atoms with Crippen LogP contribution in [0.3, 0.4) is 0 Å². The van der Waals surface area contributed by atoms with Gasteiger partial charge in [-0.3, -0.25) is 9.59 Å². The highest BCUT2D eigenvalue weighted by atomic mass is 16.2. The first-order chi connectivity index (χ1) is 16.3.